The Hall–Kier alpha value is -2.79. The third-order valence-corrected chi connectivity index (χ3v) is 3.25. The van der Waals surface area contributed by atoms with Crippen LogP contribution in [-0.2, 0) is 4.79 Å². The molecular formula is C12H7N3O4S. The highest BCUT2D eigenvalue weighted by Crippen LogP contribution is 2.28. The summed E-state index contributed by atoms with van der Waals surface area (Å²) in [5.41, 5.74) is 0.542. The lowest BCUT2D eigenvalue weighted by atomic mass is 10.1. The maximum Gasteiger partial charge on any atom is 0.283 e. The summed E-state index contributed by atoms with van der Waals surface area (Å²) in [7, 11) is 0. The molecule has 1 amide bonds. The highest BCUT2D eigenvalue weighted by atomic mass is 32.1. The van der Waals surface area contributed by atoms with Crippen LogP contribution in [-0.4, -0.2) is 10.8 Å². The minimum absolute atomic E-state index is 0.0175. The molecule has 0 N–H and O–H groups in total. The lowest BCUT2D eigenvalue weighted by Gasteiger charge is -1.96. The molecule has 0 aliphatic carbocycles. The van der Waals surface area contributed by atoms with E-state index >= 15 is 0 Å². The van der Waals surface area contributed by atoms with E-state index in [-0.39, 0.29) is 16.3 Å². The zero-order valence-electron chi connectivity index (χ0n) is 10.2. The molecule has 1 aromatic carbocycles. The van der Waals surface area contributed by atoms with Crippen LogP contribution < -0.4 is 4.87 Å². The number of carbonyl (C=O) groups is 1. The second kappa shape index (κ2) is 5.46. The lowest BCUT2D eigenvalue weighted by Crippen LogP contribution is -1.95. The zero-order chi connectivity index (χ0) is 14.7. The number of hydrogen-bond acceptors (Lipinski definition) is 6. The molecule has 0 spiro atoms. The van der Waals surface area contributed by atoms with E-state index in [1.54, 1.807) is 0 Å². The third kappa shape index (κ3) is 2.78. The van der Waals surface area contributed by atoms with Gasteiger partial charge in [-0.2, -0.15) is 10.3 Å². The van der Waals surface area contributed by atoms with E-state index in [4.69, 9.17) is 9.68 Å². The van der Waals surface area contributed by atoms with Crippen molar-refractivity contribution in [2.24, 2.45) is 4.99 Å². The van der Waals surface area contributed by atoms with Gasteiger partial charge in [-0.15, -0.1) is 0 Å². The van der Waals surface area contributed by atoms with E-state index in [9.17, 15) is 14.9 Å². The van der Waals surface area contributed by atoms with Gasteiger partial charge in [0.2, 0.25) is 11.7 Å². The molecule has 0 atom stereocenters. The molecule has 0 bridgehead atoms. The first kappa shape index (κ1) is 13.6. The van der Waals surface area contributed by atoms with Crippen molar-refractivity contribution in [3.05, 3.63) is 45.0 Å². The van der Waals surface area contributed by atoms with Crippen molar-refractivity contribution in [2.45, 2.75) is 6.92 Å². The molecule has 0 saturated heterocycles. The van der Waals surface area contributed by atoms with Gasteiger partial charge in [-0.1, -0.05) is 11.3 Å². The van der Waals surface area contributed by atoms with Crippen molar-refractivity contribution in [1.29, 1.82) is 5.26 Å². The summed E-state index contributed by atoms with van der Waals surface area (Å²) in [6.07, 6.45) is 0. The van der Waals surface area contributed by atoms with Crippen LogP contribution in [0.25, 0.3) is 10.4 Å². The molecule has 0 fully saturated rings. The molecule has 0 saturated carbocycles. The molecule has 100 valence electrons. The molecule has 0 aliphatic heterocycles. The molecule has 0 unspecified atom stereocenters. The molecule has 0 aliphatic rings. The summed E-state index contributed by atoms with van der Waals surface area (Å²) in [6.45, 7) is 1.27. The summed E-state index contributed by atoms with van der Waals surface area (Å²) in [4.78, 5) is 25.1. The molecule has 1 heterocycles. The summed E-state index contributed by atoms with van der Waals surface area (Å²) >= 11 is 1.03. The summed E-state index contributed by atoms with van der Waals surface area (Å²) in [5.74, 6) is -0.418. The number of nitrogens with zero attached hydrogens (tertiary/aromatic N) is 3. The SMILES string of the molecule is CC(=O)N=c1oc(C#N)c(-c2ccc([N+](=O)[O-])cc2)s1. The lowest BCUT2D eigenvalue weighted by molar-refractivity contribution is -0.384. The van der Waals surface area contributed by atoms with E-state index < -0.39 is 10.8 Å². The molecule has 0 radical (unpaired) electrons. The van der Waals surface area contributed by atoms with Gasteiger partial charge in [0.1, 0.15) is 6.07 Å². The Morgan fingerprint density at radius 3 is 2.60 bits per heavy atom. The summed E-state index contributed by atoms with van der Waals surface area (Å²) in [5, 5.41) is 19.6. The Labute approximate surface area is 116 Å². The molecular weight excluding hydrogens is 282 g/mol. The van der Waals surface area contributed by atoms with Crippen LogP contribution in [0.4, 0.5) is 5.69 Å². The van der Waals surface area contributed by atoms with Crippen molar-refractivity contribution < 1.29 is 14.1 Å². The normalized spacial score (nSPS) is 11.1. The van der Waals surface area contributed by atoms with E-state index in [0.29, 0.717) is 10.4 Å². The smallest absolute Gasteiger partial charge is 0.283 e. The Bertz CT molecular complexity index is 780. The fraction of sp³-hybridized carbons (Fsp3) is 0.0833. The van der Waals surface area contributed by atoms with Crippen LogP contribution >= 0.6 is 11.3 Å². The van der Waals surface area contributed by atoms with Crippen molar-refractivity contribution in [2.75, 3.05) is 0 Å². The van der Waals surface area contributed by atoms with Gasteiger partial charge in [-0.3, -0.25) is 14.9 Å². The molecule has 7 nitrogen and oxygen atoms in total. The average Bonchev–Trinajstić information content (AvgIpc) is 2.81. The topological polar surface area (TPSA) is 110 Å². The van der Waals surface area contributed by atoms with Crippen LogP contribution in [0.5, 0.6) is 0 Å². The number of non-ortho nitro benzene ring substituents is 1. The zero-order valence-corrected chi connectivity index (χ0v) is 11.0. The van der Waals surface area contributed by atoms with Crippen molar-refractivity contribution >= 4 is 22.9 Å². The first-order valence-electron chi connectivity index (χ1n) is 5.35. The predicted octanol–water partition coefficient (Wildman–Crippen LogP) is 2.24. The van der Waals surface area contributed by atoms with E-state index in [0.717, 1.165) is 11.3 Å². The van der Waals surface area contributed by atoms with Crippen molar-refractivity contribution in [3.8, 4) is 16.5 Å². The maximum absolute atomic E-state index is 10.9. The summed E-state index contributed by atoms with van der Waals surface area (Å²) < 4.78 is 5.14. The Kier molecular flexibility index (Phi) is 3.72. The number of nitriles is 1. The van der Waals surface area contributed by atoms with Crippen LogP contribution in [0.2, 0.25) is 0 Å². The molecule has 20 heavy (non-hydrogen) atoms. The van der Waals surface area contributed by atoms with E-state index in [2.05, 4.69) is 4.99 Å². The number of carbonyl (C=O) groups excluding carboxylic acids is 1. The Morgan fingerprint density at radius 1 is 1.45 bits per heavy atom. The van der Waals surface area contributed by atoms with Gasteiger partial charge < -0.3 is 4.42 Å². The maximum atomic E-state index is 10.9. The van der Waals surface area contributed by atoms with Gasteiger partial charge in [0.25, 0.3) is 10.6 Å². The first-order chi connectivity index (χ1) is 9.51. The monoisotopic (exact) mass is 289 g/mol. The minimum atomic E-state index is -0.510. The number of nitro benzene ring substituents is 1. The molecule has 2 aromatic rings. The number of amides is 1. The van der Waals surface area contributed by atoms with Crippen LogP contribution in [0.3, 0.4) is 0 Å². The second-order valence-corrected chi connectivity index (χ2v) is 4.64. The number of benzene rings is 1. The largest absolute Gasteiger partial charge is 0.418 e. The first-order valence-corrected chi connectivity index (χ1v) is 6.17. The van der Waals surface area contributed by atoms with Crippen LogP contribution in [0, 0.1) is 21.4 Å². The van der Waals surface area contributed by atoms with Crippen molar-refractivity contribution in [1.82, 2.24) is 0 Å². The van der Waals surface area contributed by atoms with Gasteiger partial charge >= 0.3 is 0 Å². The molecule has 2 rings (SSSR count). The summed E-state index contributed by atoms with van der Waals surface area (Å²) in [6, 6.07) is 7.55. The van der Waals surface area contributed by atoms with Crippen LogP contribution in [0.15, 0.2) is 33.7 Å². The van der Waals surface area contributed by atoms with Gasteiger partial charge in [0.15, 0.2) is 0 Å². The number of hydrogen-bond donors (Lipinski definition) is 0. The number of rotatable bonds is 2. The molecule has 8 heteroatoms. The highest BCUT2D eigenvalue weighted by Gasteiger charge is 2.13. The minimum Gasteiger partial charge on any atom is -0.418 e. The molecule has 1 aromatic heterocycles. The predicted molar refractivity (Wildman–Crippen MR) is 69.6 cm³/mol. The fourth-order valence-electron chi connectivity index (χ4n) is 1.46. The van der Waals surface area contributed by atoms with Gasteiger partial charge in [0.05, 0.1) is 9.80 Å². The second-order valence-electron chi connectivity index (χ2n) is 3.67. The van der Waals surface area contributed by atoms with Crippen molar-refractivity contribution in [3.63, 3.8) is 0 Å². The van der Waals surface area contributed by atoms with Gasteiger partial charge in [-0.05, 0) is 17.7 Å². The Morgan fingerprint density at radius 2 is 2.10 bits per heavy atom. The number of nitro groups is 1. The van der Waals surface area contributed by atoms with Gasteiger partial charge in [0, 0.05) is 19.1 Å². The van der Waals surface area contributed by atoms with E-state index in [1.165, 1.54) is 31.2 Å². The standard InChI is InChI=1S/C12H7N3O4S/c1-7(16)14-12-19-10(6-13)11(20-12)8-2-4-9(5-3-8)15(17)18/h2-5H,1H3. The average molecular weight is 289 g/mol. The van der Waals surface area contributed by atoms with Crippen LogP contribution in [0.1, 0.15) is 12.7 Å². The van der Waals surface area contributed by atoms with Gasteiger partial charge in [-0.25, -0.2) is 0 Å². The quantitative estimate of drug-likeness (QED) is 0.622. The highest BCUT2D eigenvalue weighted by molar-refractivity contribution is 7.12. The fourth-order valence-corrected chi connectivity index (χ4v) is 2.37. The third-order valence-electron chi connectivity index (χ3n) is 2.28. The Balaban J connectivity index is 2.52. The van der Waals surface area contributed by atoms with E-state index in [1.807, 2.05) is 6.07 Å².